The number of nitrogens with two attached hydrogens (primary N) is 1. The molecule has 114 valence electrons. The van der Waals surface area contributed by atoms with Crippen molar-refractivity contribution in [3.63, 3.8) is 0 Å². The molecule has 7 heteroatoms. The molecule has 3 amide bonds. The van der Waals surface area contributed by atoms with Gasteiger partial charge in [0.2, 0.25) is 17.7 Å². The summed E-state index contributed by atoms with van der Waals surface area (Å²) in [6, 6.07) is -0.622. The van der Waals surface area contributed by atoms with Gasteiger partial charge < -0.3 is 20.7 Å². The third kappa shape index (κ3) is 4.19. The molecule has 0 spiro atoms. The van der Waals surface area contributed by atoms with Gasteiger partial charge in [0.25, 0.3) is 0 Å². The van der Waals surface area contributed by atoms with E-state index in [1.54, 1.807) is 25.7 Å². The SMILES string of the molecule is CC(C(N)=O)[C@H](C)C(=O)N[C@@H](C)C(=O)N1CCOCC1. The second kappa shape index (κ2) is 7.23. The average molecular weight is 285 g/mol. The molecule has 7 nitrogen and oxygen atoms in total. The molecule has 0 aromatic heterocycles. The molecule has 0 bridgehead atoms. The third-order valence-electron chi connectivity index (χ3n) is 3.66. The maximum absolute atomic E-state index is 12.1. The summed E-state index contributed by atoms with van der Waals surface area (Å²) in [4.78, 5) is 36.8. The molecule has 0 aromatic rings. The van der Waals surface area contributed by atoms with Gasteiger partial charge in [-0.05, 0) is 6.92 Å². The number of nitrogens with zero attached hydrogens (tertiary/aromatic N) is 1. The van der Waals surface area contributed by atoms with Crippen LogP contribution in [-0.4, -0.2) is 55.0 Å². The summed E-state index contributed by atoms with van der Waals surface area (Å²) in [6.45, 7) is 6.96. The highest BCUT2D eigenvalue weighted by Gasteiger charge is 2.28. The van der Waals surface area contributed by atoms with Gasteiger partial charge in [-0.3, -0.25) is 14.4 Å². The fraction of sp³-hybridized carbons (Fsp3) is 0.769. The number of hydrogen-bond donors (Lipinski definition) is 2. The summed E-state index contributed by atoms with van der Waals surface area (Å²) in [5.74, 6) is -2.14. The van der Waals surface area contributed by atoms with E-state index >= 15 is 0 Å². The number of carbonyl (C=O) groups excluding carboxylic acids is 3. The lowest BCUT2D eigenvalue weighted by atomic mass is 9.94. The van der Waals surface area contributed by atoms with Gasteiger partial charge in [0.1, 0.15) is 6.04 Å². The predicted octanol–water partition coefficient (Wildman–Crippen LogP) is -0.893. The molecule has 1 rings (SSSR count). The molecule has 1 aliphatic heterocycles. The molecule has 0 saturated carbocycles. The Morgan fingerprint density at radius 2 is 1.65 bits per heavy atom. The van der Waals surface area contributed by atoms with Crippen LogP contribution in [0.2, 0.25) is 0 Å². The van der Waals surface area contributed by atoms with Crippen molar-refractivity contribution < 1.29 is 19.1 Å². The summed E-state index contributed by atoms with van der Waals surface area (Å²) in [6.07, 6.45) is 0. The molecule has 3 N–H and O–H groups in total. The van der Waals surface area contributed by atoms with Crippen molar-refractivity contribution >= 4 is 17.7 Å². The third-order valence-corrected chi connectivity index (χ3v) is 3.66. The number of ether oxygens (including phenoxy) is 1. The molecule has 1 heterocycles. The van der Waals surface area contributed by atoms with Gasteiger partial charge in [-0.2, -0.15) is 0 Å². The molecule has 3 atom stereocenters. The van der Waals surface area contributed by atoms with Gasteiger partial charge >= 0.3 is 0 Å². The van der Waals surface area contributed by atoms with E-state index in [4.69, 9.17) is 10.5 Å². The number of rotatable bonds is 5. The minimum absolute atomic E-state index is 0.138. The number of amides is 3. The lowest BCUT2D eigenvalue weighted by molar-refractivity contribution is -0.140. The Labute approximate surface area is 118 Å². The van der Waals surface area contributed by atoms with Crippen molar-refractivity contribution in [2.24, 2.45) is 17.6 Å². The molecule has 1 saturated heterocycles. The fourth-order valence-electron chi connectivity index (χ4n) is 1.94. The standard InChI is InChI=1S/C13H23N3O4/c1-8(11(14)17)9(2)12(18)15-10(3)13(19)16-4-6-20-7-5-16/h8-10H,4-7H2,1-3H3,(H2,14,17)(H,15,18)/t8?,9-,10-/m0/s1. The van der Waals surface area contributed by atoms with Crippen LogP contribution < -0.4 is 11.1 Å². The van der Waals surface area contributed by atoms with E-state index in [1.165, 1.54) is 0 Å². The fourth-order valence-corrected chi connectivity index (χ4v) is 1.94. The van der Waals surface area contributed by atoms with Crippen LogP contribution in [0.5, 0.6) is 0 Å². The number of nitrogens with one attached hydrogen (secondary N) is 1. The van der Waals surface area contributed by atoms with Gasteiger partial charge in [-0.15, -0.1) is 0 Å². The first-order valence-corrected chi connectivity index (χ1v) is 6.80. The van der Waals surface area contributed by atoms with Crippen LogP contribution in [0.25, 0.3) is 0 Å². The van der Waals surface area contributed by atoms with Crippen molar-refractivity contribution in [3.8, 4) is 0 Å². The summed E-state index contributed by atoms with van der Waals surface area (Å²) < 4.78 is 5.17. The van der Waals surface area contributed by atoms with Crippen LogP contribution >= 0.6 is 0 Å². The van der Waals surface area contributed by atoms with E-state index in [-0.39, 0.29) is 11.8 Å². The Bertz CT molecular complexity index is 380. The van der Waals surface area contributed by atoms with Crippen molar-refractivity contribution in [1.82, 2.24) is 10.2 Å². The topological polar surface area (TPSA) is 102 Å². The lowest BCUT2D eigenvalue weighted by Gasteiger charge is -2.30. The summed E-state index contributed by atoms with van der Waals surface area (Å²) in [7, 11) is 0. The highest BCUT2D eigenvalue weighted by molar-refractivity contribution is 5.90. The van der Waals surface area contributed by atoms with E-state index in [1.807, 2.05) is 0 Å². The molecule has 0 aromatic carbocycles. The molecule has 0 radical (unpaired) electrons. The van der Waals surface area contributed by atoms with Crippen LogP contribution in [0.15, 0.2) is 0 Å². The second-order valence-corrected chi connectivity index (χ2v) is 5.15. The summed E-state index contributed by atoms with van der Waals surface area (Å²) >= 11 is 0. The molecule has 20 heavy (non-hydrogen) atoms. The zero-order valence-corrected chi connectivity index (χ0v) is 12.2. The monoisotopic (exact) mass is 285 g/mol. The van der Waals surface area contributed by atoms with Crippen LogP contribution in [0.4, 0.5) is 0 Å². The normalized spacial score (nSPS) is 19.9. The zero-order chi connectivity index (χ0) is 15.3. The molecular formula is C13H23N3O4. The van der Waals surface area contributed by atoms with E-state index < -0.39 is 23.8 Å². The Balaban J connectivity index is 2.51. The quantitative estimate of drug-likeness (QED) is 0.684. The van der Waals surface area contributed by atoms with Gasteiger partial charge in [0.05, 0.1) is 13.2 Å². The zero-order valence-electron chi connectivity index (χ0n) is 12.2. The molecule has 1 aliphatic rings. The first kappa shape index (κ1) is 16.4. The maximum atomic E-state index is 12.1. The lowest BCUT2D eigenvalue weighted by Crippen LogP contribution is -2.52. The first-order valence-electron chi connectivity index (χ1n) is 6.80. The van der Waals surface area contributed by atoms with Gasteiger partial charge in [-0.25, -0.2) is 0 Å². The number of primary amides is 1. The van der Waals surface area contributed by atoms with Crippen molar-refractivity contribution in [3.05, 3.63) is 0 Å². The van der Waals surface area contributed by atoms with Crippen molar-refractivity contribution in [2.75, 3.05) is 26.3 Å². The minimum Gasteiger partial charge on any atom is -0.378 e. The van der Waals surface area contributed by atoms with Crippen molar-refractivity contribution in [2.45, 2.75) is 26.8 Å². The van der Waals surface area contributed by atoms with E-state index in [0.29, 0.717) is 26.3 Å². The van der Waals surface area contributed by atoms with Gasteiger partial charge in [0.15, 0.2) is 0 Å². The second-order valence-electron chi connectivity index (χ2n) is 5.15. The van der Waals surface area contributed by atoms with E-state index in [0.717, 1.165) is 0 Å². The summed E-state index contributed by atoms with van der Waals surface area (Å²) in [5, 5.41) is 2.63. The van der Waals surface area contributed by atoms with Crippen LogP contribution in [0.3, 0.4) is 0 Å². The predicted molar refractivity (Wildman–Crippen MR) is 72.5 cm³/mol. The minimum atomic E-state index is -0.622. The first-order chi connectivity index (χ1) is 9.34. The Hall–Kier alpha value is -1.63. The number of hydrogen-bond acceptors (Lipinski definition) is 4. The van der Waals surface area contributed by atoms with Crippen molar-refractivity contribution in [1.29, 1.82) is 0 Å². The smallest absolute Gasteiger partial charge is 0.245 e. The van der Waals surface area contributed by atoms with Crippen LogP contribution in [0, 0.1) is 11.8 Å². The largest absolute Gasteiger partial charge is 0.378 e. The highest BCUT2D eigenvalue weighted by Crippen LogP contribution is 2.11. The number of morpholine rings is 1. The highest BCUT2D eigenvalue weighted by atomic mass is 16.5. The molecule has 0 aliphatic carbocycles. The van der Waals surface area contributed by atoms with Gasteiger partial charge in [-0.1, -0.05) is 13.8 Å². The maximum Gasteiger partial charge on any atom is 0.245 e. The molecule has 1 fully saturated rings. The van der Waals surface area contributed by atoms with Crippen LogP contribution in [-0.2, 0) is 19.1 Å². The molecule has 1 unspecified atom stereocenters. The van der Waals surface area contributed by atoms with Crippen LogP contribution in [0.1, 0.15) is 20.8 Å². The Morgan fingerprint density at radius 1 is 1.10 bits per heavy atom. The summed E-state index contributed by atoms with van der Waals surface area (Å²) in [5.41, 5.74) is 5.17. The Kier molecular flexibility index (Phi) is 5.94. The average Bonchev–Trinajstić information content (AvgIpc) is 2.45. The number of carbonyl (C=O) groups is 3. The van der Waals surface area contributed by atoms with E-state index in [9.17, 15) is 14.4 Å². The molecular weight excluding hydrogens is 262 g/mol. The Morgan fingerprint density at radius 3 is 2.15 bits per heavy atom. The van der Waals surface area contributed by atoms with E-state index in [2.05, 4.69) is 5.32 Å². The van der Waals surface area contributed by atoms with Gasteiger partial charge in [0, 0.05) is 24.9 Å².